The lowest BCUT2D eigenvalue weighted by atomic mass is 10.1. The number of aliphatic hydroxyl groups is 1. The molecule has 0 saturated carbocycles. The molecule has 16 heavy (non-hydrogen) atoms. The van der Waals surface area contributed by atoms with E-state index in [2.05, 4.69) is 39.9 Å². The largest absolute Gasteiger partial charge is 0.395 e. The van der Waals surface area contributed by atoms with Crippen LogP contribution in [0.1, 0.15) is 12.0 Å². The summed E-state index contributed by atoms with van der Waals surface area (Å²) in [5.74, 6) is 6.04. The number of halogens is 1. The molecule has 0 saturated heterocycles. The summed E-state index contributed by atoms with van der Waals surface area (Å²) < 4.78 is 1.05. The summed E-state index contributed by atoms with van der Waals surface area (Å²) in [5.41, 5.74) is 0.999. The van der Waals surface area contributed by atoms with Gasteiger partial charge >= 0.3 is 0 Å². The predicted octanol–water partition coefficient (Wildman–Crippen LogP) is 3.34. The number of hydrogen-bond donors (Lipinski definition) is 1. The molecule has 0 aliphatic rings. The summed E-state index contributed by atoms with van der Waals surface area (Å²) in [6.45, 7) is 0.110. The van der Waals surface area contributed by atoms with Crippen molar-refractivity contribution in [3.05, 3.63) is 46.4 Å². The maximum absolute atomic E-state index is 8.70. The highest BCUT2D eigenvalue weighted by Gasteiger charge is 2.01. The molecular formula is C14H11BrO. The second kappa shape index (κ2) is 5.16. The van der Waals surface area contributed by atoms with Gasteiger partial charge in [-0.15, -0.1) is 0 Å². The zero-order chi connectivity index (χ0) is 11.4. The van der Waals surface area contributed by atoms with Gasteiger partial charge in [-0.05, 0) is 17.5 Å². The van der Waals surface area contributed by atoms with E-state index in [4.69, 9.17) is 5.11 Å². The standard InChI is InChI=1S/C14H11BrO/c15-13-9-4-8-12-7-3-6-11(14(12)13)5-1-2-10-16/h3-4,6-9,16H,2,10H2. The molecule has 1 nitrogen and oxygen atoms in total. The molecule has 80 valence electrons. The highest BCUT2D eigenvalue weighted by Crippen LogP contribution is 2.26. The third-order valence-corrected chi connectivity index (χ3v) is 2.97. The van der Waals surface area contributed by atoms with Gasteiger partial charge in [0.1, 0.15) is 0 Å². The summed E-state index contributed by atoms with van der Waals surface area (Å²) in [6, 6.07) is 12.2. The maximum Gasteiger partial charge on any atom is 0.0540 e. The molecule has 0 bridgehead atoms. The Morgan fingerprint density at radius 3 is 2.62 bits per heavy atom. The second-order valence-corrected chi connectivity index (χ2v) is 4.27. The first-order valence-electron chi connectivity index (χ1n) is 5.10. The Hall–Kier alpha value is -1.30. The van der Waals surface area contributed by atoms with Crippen LogP contribution in [0.3, 0.4) is 0 Å². The van der Waals surface area contributed by atoms with Gasteiger partial charge in [0, 0.05) is 21.8 Å². The van der Waals surface area contributed by atoms with E-state index >= 15 is 0 Å². The van der Waals surface area contributed by atoms with Crippen molar-refractivity contribution in [3.63, 3.8) is 0 Å². The van der Waals surface area contributed by atoms with E-state index < -0.39 is 0 Å². The van der Waals surface area contributed by atoms with E-state index in [1.807, 2.05) is 24.3 Å². The molecule has 2 rings (SSSR count). The Morgan fingerprint density at radius 1 is 1.12 bits per heavy atom. The monoisotopic (exact) mass is 274 g/mol. The Bertz CT molecular complexity index is 558. The molecule has 0 radical (unpaired) electrons. The van der Waals surface area contributed by atoms with Crippen LogP contribution in [0.5, 0.6) is 0 Å². The van der Waals surface area contributed by atoms with Gasteiger partial charge in [-0.25, -0.2) is 0 Å². The van der Waals surface area contributed by atoms with Gasteiger partial charge in [-0.3, -0.25) is 0 Å². The third-order valence-electron chi connectivity index (χ3n) is 2.31. The molecule has 0 aliphatic carbocycles. The summed E-state index contributed by atoms with van der Waals surface area (Å²) in [7, 11) is 0. The Morgan fingerprint density at radius 2 is 1.88 bits per heavy atom. The van der Waals surface area contributed by atoms with Crippen molar-refractivity contribution < 1.29 is 5.11 Å². The van der Waals surface area contributed by atoms with Crippen molar-refractivity contribution >= 4 is 26.7 Å². The molecule has 0 atom stereocenters. The molecule has 2 aromatic rings. The van der Waals surface area contributed by atoms with Gasteiger partial charge in [0.25, 0.3) is 0 Å². The van der Waals surface area contributed by atoms with Gasteiger partial charge in [-0.1, -0.05) is 52.0 Å². The third kappa shape index (κ3) is 2.27. The number of rotatable bonds is 1. The molecule has 0 heterocycles. The van der Waals surface area contributed by atoms with Crippen LogP contribution in [0, 0.1) is 11.8 Å². The van der Waals surface area contributed by atoms with E-state index in [0.29, 0.717) is 6.42 Å². The van der Waals surface area contributed by atoms with Gasteiger partial charge in [0.05, 0.1) is 6.61 Å². The van der Waals surface area contributed by atoms with Gasteiger partial charge < -0.3 is 5.11 Å². The number of hydrogen-bond acceptors (Lipinski definition) is 1. The van der Waals surface area contributed by atoms with E-state index in [-0.39, 0.29) is 6.61 Å². The summed E-state index contributed by atoms with van der Waals surface area (Å²) in [6.07, 6.45) is 0.515. The fourth-order valence-corrected chi connectivity index (χ4v) is 2.21. The van der Waals surface area contributed by atoms with Crippen LogP contribution in [0.15, 0.2) is 40.9 Å². The second-order valence-electron chi connectivity index (χ2n) is 3.42. The van der Waals surface area contributed by atoms with Gasteiger partial charge in [0.2, 0.25) is 0 Å². The normalized spacial score (nSPS) is 9.88. The molecule has 2 aromatic carbocycles. The molecule has 0 spiro atoms. The lowest BCUT2D eigenvalue weighted by molar-refractivity contribution is 0.305. The quantitative estimate of drug-likeness (QED) is 0.791. The highest BCUT2D eigenvalue weighted by atomic mass is 79.9. The van der Waals surface area contributed by atoms with Crippen LogP contribution in [0.2, 0.25) is 0 Å². The number of fused-ring (bicyclic) bond motifs is 1. The molecule has 2 heteroatoms. The average Bonchev–Trinajstić information content (AvgIpc) is 2.30. The van der Waals surface area contributed by atoms with Gasteiger partial charge in [-0.2, -0.15) is 0 Å². The zero-order valence-electron chi connectivity index (χ0n) is 8.70. The Labute approximate surface area is 103 Å². The van der Waals surface area contributed by atoms with E-state index in [9.17, 15) is 0 Å². The minimum atomic E-state index is 0.110. The minimum absolute atomic E-state index is 0.110. The lowest BCUT2D eigenvalue weighted by Crippen LogP contribution is -1.82. The first kappa shape index (κ1) is 11.2. The van der Waals surface area contributed by atoms with E-state index in [0.717, 1.165) is 15.4 Å². The predicted molar refractivity (Wildman–Crippen MR) is 70.2 cm³/mol. The van der Waals surface area contributed by atoms with Crippen LogP contribution >= 0.6 is 15.9 Å². The van der Waals surface area contributed by atoms with Crippen LogP contribution in [0.4, 0.5) is 0 Å². The van der Waals surface area contributed by atoms with Crippen LogP contribution < -0.4 is 0 Å². The zero-order valence-corrected chi connectivity index (χ0v) is 10.3. The number of aliphatic hydroxyl groups excluding tert-OH is 1. The molecule has 0 fully saturated rings. The smallest absolute Gasteiger partial charge is 0.0540 e. The summed E-state index contributed by atoms with van der Waals surface area (Å²) in [5, 5.41) is 11.0. The fourth-order valence-electron chi connectivity index (χ4n) is 1.61. The lowest BCUT2D eigenvalue weighted by Gasteiger charge is -2.02. The molecule has 0 aliphatic heterocycles. The minimum Gasteiger partial charge on any atom is -0.395 e. The topological polar surface area (TPSA) is 20.2 Å². The summed E-state index contributed by atoms with van der Waals surface area (Å²) >= 11 is 3.54. The van der Waals surface area contributed by atoms with Crippen LogP contribution in [0.25, 0.3) is 10.8 Å². The van der Waals surface area contributed by atoms with Crippen LogP contribution in [-0.4, -0.2) is 11.7 Å². The molecule has 1 N–H and O–H groups in total. The van der Waals surface area contributed by atoms with E-state index in [1.54, 1.807) is 0 Å². The average molecular weight is 275 g/mol. The van der Waals surface area contributed by atoms with Crippen molar-refractivity contribution in [2.75, 3.05) is 6.61 Å². The molecule has 0 amide bonds. The molecule has 0 unspecified atom stereocenters. The van der Waals surface area contributed by atoms with Crippen molar-refractivity contribution in [2.24, 2.45) is 0 Å². The van der Waals surface area contributed by atoms with Crippen molar-refractivity contribution in [2.45, 2.75) is 6.42 Å². The first-order chi connectivity index (χ1) is 7.83. The van der Waals surface area contributed by atoms with Crippen molar-refractivity contribution in [1.29, 1.82) is 0 Å². The highest BCUT2D eigenvalue weighted by molar-refractivity contribution is 9.10. The van der Waals surface area contributed by atoms with Crippen molar-refractivity contribution in [1.82, 2.24) is 0 Å². The van der Waals surface area contributed by atoms with E-state index in [1.165, 1.54) is 5.39 Å². The van der Waals surface area contributed by atoms with Crippen molar-refractivity contribution in [3.8, 4) is 11.8 Å². The maximum atomic E-state index is 8.70. The first-order valence-corrected chi connectivity index (χ1v) is 5.89. The summed E-state index contributed by atoms with van der Waals surface area (Å²) in [4.78, 5) is 0. The fraction of sp³-hybridized carbons (Fsp3) is 0.143. The molecule has 0 aromatic heterocycles. The Balaban J connectivity index is 2.58. The Kier molecular flexibility index (Phi) is 3.61. The van der Waals surface area contributed by atoms with Crippen LogP contribution in [-0.2, 0) is 0 Å². The SMILES string of the molecule is OCCC#Cc1cccc2cccc(Br)c12. The molecular weight excluding hydrogens is 264 g/mol. The van der Waals surface area contributed by atoms with Gasteiger partial charge in [0.15, 0.2) is 0 Å². The number of benzene rings is 2.